The lowest BCUT2D eigenvalue weighted by molar-refractivity contribution is 0.0657. The third-order valence-electron chi connectivity index (χ3n) is 2.57. The van der Waals surface area contributed by atoms with Gasteiger partial charge < -0.3 is 14.6 Å². The summed E-state index contributed by atoms with van der Waals surface area (Å²) in [5, 5.41) is 18.1. The lowest BCUT2D eigenvalue weighted by Crippen LogP contribution is -2.01. The minimum Gasteiger partial charge on any atom is -0.475 e. The molecule has 1 aromatic heterocycles. The Kier molecular flexibility index (Phi) is 3.25. The maximum atomic E-state index is 10.8. The van der Waals surface area contributed by atoms with E-state index in [0.29, 0.717) is 17.5 Å². The highest BCUT2D eigenvalue weighted by Crippen LogP contribution is 2.20. The summed E-state index contributed by atoms with van der Waals surface area (Å²) >= 11 is 0. The molecule has 0 radical (unpaired) electrons. The van der Waals surface area contributed by atoms with E-state index in [4.69, 9.17) is 9.52 Å². The van der Waals surface area contributed by atoms with E-state index in [1.165, 1.54) is 6.26 Å². The maximum Gasteiger partial charge on any atom is 0.372 e. The van der Waals surface area contributed by atoms with Crippen LogP contribution >= 0.6 is 0 Å². The Morgan fingerprint density at radius 3 is 2.53 bits per heavy atom. The molecule has 1 heterocycles. The Balaban J connectivity index is 2.31. The van der Waals surface area contributed by atoms with Gasteiger partial charge in [-0.1, -0.05) is 30.3 Å². The van der Waals surface area contributed by atoms with E-state index in [-0.39, 0.29) is 12.4 Å². The average molecular weight is 232 g/mol. The number of benzene rings is 1. The van der Waals surface area contributed by atoms with Gasteiger partial charge in [0.2, 0.25) is 5.76 Å². The number of hydrogen-bond donors (Lipinski definition) is 2. The van der Waals surface area contributed by atoms with Gasteiger partial charge in [-0.3, -0.25) is 0 Å². The van der Waals surface area contributed by atoms with Crippen LogP contribution in [0.3, 0.4) is 0 Å². The predicted octanol–water partition coefficient (Wildman–Crippen LogP) is 2.06. The van der Waals surface area contributed by atoms with Gasteiger partial charge in [0.15, 0.2) is 0 Å². The molecule has 0 fully saturated rings. The monoisotopic (exact) mass is 232 g/mol. The summed E-state index contributed by atoms with van der Waals surface area (Å²) in [5.41, 5.74) is 2.09. The van der Waals surface area contributed by atoms with E-state index in [1.807, 2.05) is 30.3 Å². The summed E-state index contributed by atoms with van der Waals surface area (Å²) in [6.07, 6.45) is 1.94. The summed E-state index contributed by atoms with van der Waals surface area (Å²) in [4.78, 5) is 10.8. The zero-order chi connectivity index (χ0) is 12.3. The van der Waals surface area contributed by atoms with Crippen molar-refractivity contribution in [3.05, 3.63) is 59.0 Å². The smallest absolute Gasteiger partial charge is 0.372 e. The highest BCUT2D eigenvalue weighted by Gasteiger charge is 2.18. The van der Waals surface area contributed by atoms with Crippen LogP contribution in [0, 0.1) is 0 Å². The Morgan fingerprint density at radius 1 is 1.24 bits per heavy atom. The molecule has 1 aromatic carbocycles. The number of aromatic carboxylic acids is 1. The maximum absolute atomic E-state index is 10.8. The zero-order valence-corrected chi connectivity index (χ0v) is 9.09. The number of aliphatic hydroxyl groups excluding tert-OH is 1. The molecule has 0 saturated carbocycles. The molecule has 0 atom stereocenters. The largest absolute Gasteiger partial charge is 0.475 e. The van der Waals surface area contributed by atoms with Crippen LogP contribution in [0.2, 0.25) is 0 Å². The van der Waals surface area contributed by atoms with Gasteiger partial charge in [0.05, 0.1) is 12.9 Å². The van der Waals surface area contributed by atoms with Crippen molar-refractivity contribution in [2.45, 2.75) is 13.0 Å². The first-order valence-electron chi connectivity index (χ1n) is 5.19. The second-order valence-corrected chi connectivity index (χ2v) is 3.69. The number of furan rings is 1. The van der Waals surface area contributed by atoms with Crippen LogP contribution in [-0.2, 0) is 13.0 Å². The van der Waals surface area contributed by atoms with Gasteiger partial charge in [0.25, 0.3) is 0 Å². The fourth-order valence-corrected chi connectivity index (χ4v) is 1.74. The molecular formula is C13H12O4. The first kappa shape index (κ1) is 11.4. The van der Waals surface area contributed by atoms with Gasteiger partial charge in [-0.2, -0.15) is 0 Å². The topological polar surface area (TPSA) is 70.7 Å². The van der Waals surface area contributed by atoms with Crippen LogP contribution in [0.25, 0.3) is 0 Å². The molecule has 0 amide bonds. The Labute approximate surface area is 98.1 Å². The van der Waals surface area contributed by atoms with Crippen LogP contribution in [0.5, 0.6) is 0 Å². The molecule has 2 N–H and O–H groups in total. The van der Waals surface area contributed by atoms with Crippen molar-refractivity contribution in [3.8, 4) is 0 Å². The van der Waals surface area contributed by atoms with Crippen molar-refractivity contribution in [1.29, 1.82) is 0 Å². The molecule has 17 heavy (non-hydrogen) atoms. The molecule has 0 spiro atoms. The van der Waals surface area contributed by atoms with Crippen molar-refractivity contribution in [1.82, 2.24) is 0 Å². The lowest BCUT2D eigenvalue weighted by Gasteiger charge is -2.01. The van der Waals surface area contributed by atoms with Crippen LogP contribution in [0.15, 0.2) is 41.0 Å². The summed E-state index contributed by atoms with van der Waals surface area (Å²) < 4.78 is 4.96. The number of hydrogen-bond acceptors (Lipinski definition) is 3. The van der Waals surface area contributed by atoms with E-state index >= 15 is 0 Å². The van der Waals surface area contributed by atoms with Gasteiger partial charge in [-0.05, 0) is 5.56 Å². The van der Waals surface area contributed by atoms with E-state index in [2.05, 4.69) is 0 Å². The fourth-order valence-electron chi connectivity index (χ4n) is 1.74. The van der Waals surface area contributed by atoms with Crippen LogP contribution in [0.4, 0.5) is 0 Å². The van der Waals surface area contributed by atoms with Gasteiger partial charge >= 0.3 is 5.97 Å². The van der Waals surface area contributed by atoms with Crippen LogP contribution < -0.4 is 0 Å². The molecule has 0 aliphatic heterocycles. The summed E-state index contributed by atoms with van der Waals surface area (Å²) in [5.74, 6) is -1.34. The molecule has 0 unspecified atom stereocenters. The molecule has 88 valence electrons. The first-order chi connectivity index (χ1) is 8.22. The van der Waals surface area contributed by atoms with Crippen LogP contribution in [-0.4, -0.2) is 16.2 Å². The van der Waals surface area contributed by atoms with Gasteiger partial charge in [-0.15, -0.1) is 0 Å². The Bertz CT molecular complexity index is 513. The van der Waals surface area contributed by atoms with Gasteiger partial charge in [0.1, 0.15) is 0 Å². The fraction of sp³-hybridized carbons (Fsp3) is 0.154. The number of carboxylic acid groups (broad SMARTS) is 1. The van der Waals surface area contributed by atoms with Crippen molar-refractivity contribution in [3.63, 3.8) is 0 Å². The molecule has 2 rings (SSSR count). The second-order valence-electron chi connectivity index (χ2n) is 3.69. The Morgan fingerprint density at radius 2 is 1.94 bits per heavy atom. The number of rotatable bonds is 4. The quantitative estimate of drug-likeness (QED) is 0.846. The standard InChI is InChI=1S/C13H12O4/c14-7-11-10(8-17-12(11)13(15)16)6-9-4-2-1-3-5-9/h1-5,8,14H,6-7H2,(H,15,16). The molecular weight excluding hydrogens is 220 g/mol. The molecule has 0 aliphatic carbocycles. The van der Waals surface area contributed by atoms with E-state index in [0.717, 1.165) is 5.56 Å². The minimum atomic E-state index is -1.16. The average Bonchev–Trinajstić information content (AvgIpc) is 2.73. The lowest BCUT2D eigenvalue weighted by atomic mass is 10.0. The van der Waals surface area contributed by atoms with Gasteiger partial charge in [0, 0.05) is 17.5 Å². The SMILES string of the molecule is O=C(O)c1occ(Cc2ccccc2)c1CO. The molecule has 2 aromatic rings. The summed E-state index contributed by atoms with van der Waals surface area (Å²) in [6.45, 7) is -0.333. The molecule has 4 nitrogen and oxygen atoms in total. The highest BCUT2D eigenvalue weighted by atomic mass is 16.4. The van der Waals surface area contributed by atoms with Crippen LogP contribution in [0.1, 0.15) is 27.2 Å². The Hall–Kier alpha value is -2.07. The highest BCUT2D eigenvalue weighted by molar-refractivity contribution is 5.86. The van der Waals surface area contributed by atoms with E-state index < -0.39 is 5.97 Å². The van der Waals surface area contributed by atoms with Gasteiger partial charge in [-0.25, -0.2) is 4.79 Å². The zero-order valence-electron chi connectivity index (χ0n) is 9.09. The predicted molar refractivity (Wildman–Crippen MR) is 60.8 cm³/mol. The normalized spacial score (nSPS) is 10.4. The van der Waals surface area contributed by atoms with Crippen molar-refractivity contribution in [2.24, 2.45) is 0 Å². The molecule has 0 saturated heterocycles. The number of carboxylic acids is 1. The second kappa shape index (κ2) is 4.84. The molecule has 0 bridgehead atoms. The number of aliphatic hydroxyl groups is 1. The van der Waals surface area contributed by atoms with Crippen molar-refractivity contribution in [2.75, 3.05) is 0 Å². The summed E-state index contributed by atoms with van der Waals surface area (Å²) in [7, 11) is 0. The third-order valence-corrected chi connectivity index (χ3v) is 2.57. The third kappa shape index (κ3) is 2.37. The van der Waals surface area contributed by atoms with E-state index in [9.17, 15) is 9.90 Å². The minimum absolute atomic E-state index is 0.182. The summed E-state index contributed by atoms with van der Waals surface area (Å²) in [6, 6.07) is 9.61. The first-order valence-corrected chi connectivity index (χ1v) is 5.19. The molecule has 4 heteroatoms. The molecule has 0 aliphatic rings. The number of carbonyl (C=O) groups is 1. The van der Waals surface area contributed by atoms with Crippen molar-refractivity contribution < 1.29 is 19.4 Å². The van der Waals surface area contributed by atoms with E-state index in [1.54, 1.807) is 0 Å². The van der Waals surface area contributed by atoms with Crippen molar-refractivity contribution >= 4 is 5.97 Å².